The highest BCUT2D eigenvalue weighted by Gasteiger charge is 2.22. The highest BCUT2D eigenvalue weighted by atomic mass is 35.5. The van der Waals surface area contributed by atoms with E-state index in [2.05, 4.69) is 5.32 Å². The van der Waals surface area contributed by atoms with Crippen LogP contribution in [0.25, 0.3) is 0 Å². The molecular formula is C13H16ClNO3. The van der Waals surface area contributed by atoms with Crippen molar-refractivity contribution in [3.63, 3.8) is 0 Å². The largest absolute Gasteiger partial charge is 0.493 e. The summed E-state index contributed by atoms with van der Waals surface area (Å²) in [4.78, 5) is 11.4. The van der Waals surface area contributed by atoms with Crippen molar-refractivity contribution < 1.29 is 14.6 Å². The van der Waals surface area contributed by atoms with Crippen LogP contribution in [0, 0.1) is 0 Å². The van der Waals surface area contributed by atoms with Crippen molar-refractivity contribution in [3.05, 3.63) is 28.8 Å². The molecule has 2 N–H and O–H groups in total. The van der Waals surface area contributed by atoms with Gasteiger partial charge in [-0.15, -0.1) is 0 Å². The summed E-state index contributed by atoms with van der Waals surface area (Å²) in [6.45, 7) is 0.106. The molecule has 0 aliphatic heterocycles. The van der Waals surface area contributed by atoms with Crippen LogP contribution in [0.2, 0.25) is 5.02 Å². The number of aliphatic hydroxyl groups excluding tert-OH is 1. The standard InChI is InChI=1S/C13H16ClNO3/c14-11-2-1-3-12(10(11)8-16)18-7-6-13(17)15-9-4-5-9/h1-3,9,16H,4-8H2,(H,15,17). The van der Waals surface area contributed by atoms with E-state index < -0.39 is 0 Å². The highest BCUT2D eigenvalue weighted by Crippen LogP contribution is 2.26. The number of amides is 1. The second-order valence-corrected chi connectivity index (χ2v) is 4.72. The van der Waals surface area contributed by atoms with Crippen LogP contribution in [0.5, 0.6) is 5.75 Å². The summed E-state index contributed by atoms with van der Waals surface area (Å²) in [5, 5.41) is 12.5. The predicted octanol–water partition coefficient (Wildman–Crippen LogP) is 1.88. The van der Waals surface area contributed by atoms with Gasteiger partial charge in [0.2, 0.25) is 5.91 Å². The van der Waals surface area contributed by atoms with E-state index in [4.69, 9.17) is 16.3 Å². The first-order valence-corrected chi connectivity index (χ1v) is 6.39. The van der Waals surface area contributed by atoms with Gasteiger partial charge in [0.1, 0.15) is 5.75 Å². The summed E-state index contributed by atoms with van der Waals surface area (Å²) in [6.07, 6.45) is 2.47. The van der Waals surface area contributed by atoms with Crippen LogP contribution in [0.3, 0.4) is 0 Å². The van der Waals surface area contributed by atoms with Crippen LogP contribution in [0.15, 0.2) is 18.2 Å². The fraction of sp³-hybridized carbons (Fsp3) is 0.462. The van der Waals surface area contributed by atoms with E-state index in [0.29, 0.717) is 28.8 Å². The van der Waals surface area contributed by atoms with Crippen LogP contribution in [0.4, 0.5) is 0 Å². The zero-order valence-corrected chi connectivity index (χ0v) is 10.7. The van der Waals surface area contributed by atoms with Gasteiger partial charge in [0.25, 0.3) is 0 Å². The molecule has 0 unspecified atom stereocenters. The summed E-state index contributed by atoms with van der Waals surface area (Å²) >= 11 is 5.93. The fourth-order valence-electron chi connectivity index (χ4n) is 1.61. The lowest BCUT2D eigenvalue weighted by Gasteiger charge is -2.11. The number of halogens is 1. The molecule has 1 fully saturated rings. The summed E-state index contributed by atoms with van der Waals surface area (Å²) in [6, 6.07) is 5.55. The lowest BCUT2D eigenvalue weighted by molar-refractivity contribution is -0.121. The normalized spacial score (nSPS) is 14.3. The fourth-order valence-corrected chi connectivity index (χ4v) is 1.83. The van der Waals surface area contributed by atoms with Gasteiger partial charge in [-0.25, -0.2) is 0 Å². The molecular weight excluding hydrogens is 254 g/mol. The van der Waals surface area contributed by atoms with Crippen molar-refractivity contribution in [2.24, 2.45) is 0 Å². The minimum atomic E-state index is -0.177. The third-order valence-electron chi connectivity index (χ3n) is 2.76. The molecule has 1 aromatic carbocycles. The topological polar surface area (TPSA) is 58.6 Å². The zero-order valence-electron chi connectivity index (χ0n) is 9.99. The van der Waals surface area contributed by atoms with Gasteiger partial charge in [-0.2, -0.15) is 0 Å². The Kier molecular flexibility index (Phi) is 4.44. The van der Waals surface area contributed by atoms with Gasteiger partial charge in [-0.1, -0.05) is 17.7 Å². The van der Waals surface area contributed by atoms with Gasteiger partial charge in [-0.3, -0.25) is 4.79 Å². The van der Waals surface area contributed by atoms with Gasteiger partial charge in [-0.05, 0) is 25.0 Å². The molecule has 0 aromatic heterocycles. The Hall–Kier alpha value is -1.26. The Bertz CT molecular complexity index is 432. The predicted molar refractivity (Wildman–Crippen MR) is 68.7 cm³/mol. The Morgan fingerprint density at radius 1 is 1.50 bits per heavy atom. The number of benzene rings is 1. The van der Waals surface area contributed by atoms with Crippen molar-refractivity contribution in [2.75, 3.05) is 6.61 Å². The molecule has 0 radical (unpaired) electrons. The maximum Gasteiger partial charge on any atom is 0.223 e. The number of carbonyl (C=O) groups is 1. The lowest BCUT2D eigenvalue weighted by Crippen LogP contribution is -2.26. The molecule has 1 saturated carbocycles. The number of rotatable bonds is 6. The SMILES string of the molecule is O=C(CCOc1cccc(Cl)c1CO)NC1CC1. The van der Waals surface area contributed by atoms with Crippen LogP contribution in [-0.2, 0) is 11.4 Å². The average Bonchev–Trinajstić information content (AvgIpc) is 3.13. The van der Waals surface area contributed by atoms with Crippen LogP contribution in [0.1, 0.15) is 24.8 Å². The highest BCUT2D eigenvalue weighted by molar-refractivity contribution is 6.31. The minimum absolute atomic E-state index is 0.00470. The first-order chi connectivity index (χ1) is 8.70. The van der Waals surface area contributed by atoms with E-state index in [9.17, 15) is 9.90 Å². The van der Waals surface area contributed by atoms with E-state index >= 15 is 0 Å². The Morgan fingerprint density at radius 3 is 2.94 bits per heavy atom. The molecule has 5 heteroatoms. The molecule has 98 valence electrons. The van der Waals surface area contributed by atoms with Crippen LogP contribution >= 0.6 is 11.6 Å². The summed E-state index contributed by atoms with van der Waals surface area (Å²) in [5.74, 6) is 0.536. The molecule has 0 heterocycles. The minimum Gasteiger partial charge on any atom is -0.493 e. The van der Waals surface area contributed by atoms with E-state index in [1.165, 1.54) is 0 Å². The number of hydrogen-bond donors (Lipinski definition) is 2. The van der Waals surface area contributed by atoms with Gasteiger partial charge in [0.15, 0.2) is 0 Å². The van der Waals surface area contributed by atoms with E-state index in [0.717, 1.165) is 12.8 Å². The molecule has 18 heavy (non-hydrogen) atoms. The van der Waals surface area contributed by atoms with Crippen molar-refractivity contribution in [2.45, 2.75) is 31.9 Å². The number of nitrogens with one attached hydrogen (secondary N) is 1. The third-order valence-corrected chi connectivity index (χ3v) is 3.12. The Balaban J connectivity index is 1.82. The molecule has 0 spiro atoms. The molecule has 2 rings (SSSR count). The van der Waals surface area contributed by atoms with Crippen LogP contribution in [-0.4, -0.2) is 23.7 Å². The molecule has 0 bridgehead atoms. The summed E-state index contributed by atoms with van der Waals surface area (Å²) < 4.78 is 5.48. The zero-order chi connectivity index (χ0) is 13.0. The molecule has 4 nitrogen and oxygen atoms in total. The number of carbonyl (C=O) groups excluding carboxylic acids is 1. The van der Waals surface area contributed by atoms with Crippen molar-refractivity contribution >= 4 is 17.5 Å². The van der Waals surface area contributed by atoms with E-state index in [-0.39, 0.29) is 19.1 Å². The molecule has 0 atom stereocenters. The van der Waals surface area contributed by atoms with E-state index in [1.807, 2.05) is 0 Å². The molecule has 0 saturated heterocycles. The summed E-state index contributed by atoms with van der Waals surface area (Å²) in [7, 11) is 0. The number of hydrogen-bond acceptors (Lipinski definition) is 3. The third kappa shape index (κ3) is 3.62. The smallest absolute Gasteiger partial charge is 0.223 e. The first kappa shape index (κ1) is 13.2. The second-order valence-electron chi connectivity index (χ2n) is 4.31. The van der Waals surface area contributed by atoms with E-state index in [1.54, 1.807) is 18.2 Å². The Morgan fingerprint density at radius 2 is 2.28 bits per heavy atom. The van der Waals surface area contributed by atoms with Crippen molar-refractivity contribution in [1.29, 1.82) is 0 Å². The van der Waals surface area contributed by atoms with Crippen molar-refractivity contribution in [3.8, 4) is 5.75 Å². The molecule has 1 amide bonds. The van der Waals surface area contributed by atoms with Gasteiger partial charge >= 0.3 is 0 Å². The molecule has 1 aromatic rings. The Labute approximate surface area is 111 Å². The molecule has 1 aliphatic rings. The van der Waals surface area contributed by atoms with Crippen molar-refractivity contribution in [1.82, 2.24) is 5.32 Å². The lowest BCUT2D eigenvalue weighted by atomic mass is 10.2. The maximum atomic E-state index is 11.4. The monoisotopic (exact) mass is 269 g/mol. The first-order valence-electron chi connectivity index (χ1n) is 6.01. The second kappa shape index (κ2) is 6.07. The number of ether oxygens (including phenoxy) is 1. The summed E-state index contributed by atoms with van der Waals surface area (Å²) in [5.41, 5.74) is 0.557. The maximum absolute atomic E-state index is 11.4. The van der Waals surface area contributed by atoms with Gasteiger partial charge in [0.05, 0.1) is 19.6 Å². The molecule has 1 aliphatic carbocycles. The number of aliphatic hydroxyl groups is 1. The van der Waals surface area contributed by atoms with Crippen LogP contribution < -0.4 is 10.1 Å². The average molecular weight is 270 g/mol. The quantitative estimate of drug-likeness (QED) is 0.829. The van der Waals surface area contributed by atoms with Gasteiger partial charge < -0.3 is 15.2 Å². The van der Waals surface area contributed by atoms with Gasteiger partial charge in [0, 0.05) is 16.6 Å².